The summed E-state index contributed by atoms with van der Waals surface area (Å²) in [6.45, 7) is 5.31. The average molecular weight is 356 g/mol. The number of anilines is 2. The zero-order chi connectivity index (χ0) is 19.3. The van der Waals surface area contributed by atoms with Crippen LogP contribution in [0.5, 0.6) is 11.5 Å². The van der Waals surface area contributed by atoms with Gasteiger partial charge in [-0.2, -0.15) is 0 Å². The molecule has 0 bridgehead atoms. The van der Waals surface area contributed by atoms with Gasteiger partial charge in [-0.05, 0) is 49.2 Å². The third kappa shape index (κ3) is 4.53. The molecule has 0 aliphatic heterocycles. The molecule has 138 valence electrons. The molecule has 0 atom stereocenters. The molecule has 0 aliphatic carbocycles. The smallest absolute Gasteiger partial charge is 0.244 e. The van der Waals surface area contributed by atoms with Crippen LogP contribution in [0.25, 0.3) is 0 Å². The van der Waals surface area contributed by atoms with E-state index >= 15 is 0 Å². The van der Waals surface area contributed by atoms with Crippen molar-refractivity contribution >= 4 is 23.2 Å². The first-order valence-corrected chi connectivity index (χ1v) is 8.23. The monoisotopic (exact) mass is 356 g/mol. The molecular formula is C20H24N2O4. The molecule has 6 heteroatoms. The van der Waals surface area contributed by atoms with E-state index in [0.29, 0.717) is 22.9 Å². The van der Waals surface area contributed by atoms with Crippen LogP contribution in [-0.2, 0) is 9.59 Å². The van der Waals surface area contributed by atoms with E-state index in [1.165, 1.54) is 26.0 Å². The van der Waals surface area contributed by atoms with Gasteiger partial charge in [-0.25, -0.2) is 0 Å². The maximum atomic E-state index is 12.4. The standard InChI is InChI=1S/C20H24N2O4/c1-13-6-7-16(10-14(13)2)21-20(24)12-22(15(3)23)17-8-9-18(25-4)19(11-17)26-5/h6-11H,12H2,1-5H3,(H,21,24). The molecule has 0 radical (unpaired) electrons. The second-order valence-corrected chi connectivity index (χ2v) is 5.99. The Morgan fingerprint density at radius 1 is 0.962 bits per heavy atom. The summed E-state index contributed by atoms with van der Waals surface area (Å²) in [7, 11) is 3.06. The van der Waals surface area contributed by atoms with Crippen molar-refractivity contribution in [2.24, 2.45) is 0 Å². The van der Waals surface area contributed by atoms with E-state index in [9.17, 15) is 9.59 Å². The first-order valence-electron chi connectivity index (χ1n) is 8.23. The van der Waals surface area contributed by atoms with Crippen molar-refractivity contribution in [1.29, 1.82) is 0 Å². The van der Waals surface area contributed by atoms with Crippen molar-refractivity contribution in [3.05, 3.63) is 47.5 Å². The molecule has 6 nitrogen and oxygen atoms in total. The van der Waals surface area contributed by atoms with E-state index in [2.05, 4.69) is 5.32 Å². The van der Waals surface area contributed by atoms with Crippen molar-refractivity contribution in [2.75, 3.05) is 31.0 Å². The van der Waals surface area contributed by atoms with Crippen LogP contribution in [0.1, 0.15) is 18.1 Å². The molecule has 0 saturated heterocycles. The molecular weight excluding hydrogens is 332 g/mol. The number of methoxy groups -OCH3 is 2. The number of carbonyl (C=O) groups excluding carboxylic acids is 2. The molecule has 2 amide bonds. The van der Waals surface area contributed by atoms with Crippen LogP contribution in [0, 0.1) is 13.8 Å². The van der Waals surface area contributed by atoms with E-state index < -0.39 is 0 Å². The Balaban J connectivity index is 2.18. The summed E-state index contributed by atoms with van der Waals surface area (Å²) in [5.41, 5.74) is 3.50. The lowest BCUT2D eigenvalue weighted by molar-refractivity contribution is -0.120. The first kappa shape index (κ1) is 19.3. The van der Waals surface area contributed by atoms with E-state index in [-0.39, 0.29) is 18.4 Å². The minimum Gasteiger partial charge on any atom is -0.493 e. The third-order valence-corrected chi connectivity index (χ3v) is 4.15. The van der Waals surface area contributed by atoms with Gasteiger partial charge in [-0.1, -0.05) is 6.07 Å². The van der Waals surface area contributed by atoms with Crippen LogP contribution < -0.4 is 19.7 Å². The molecule has 0 unspecified atom stereocenters. The van der Waals surface area contributed by atoms with Crippen molar-refractivity contribution in [1.82, 2.24) is 0 Å². The number of hydrogen-bond acceptors (Lipinski definition) is 4. The Bertz CT molecular complexity index is 817. The second kappa shape index (κ2) is 8.38. The lowest BCUT2D eigenvalue weighted by Gasteiger charge is -2.22. The SMILES string of the molecule is COc1ccc(N(CC(=O)Nc2ccc(C)c(C)c2)C(C)=O)cc1OC. The molecule has 0 aliphatic rings. The summed E-state index contributed by atoms with van der Waals surface area (Å²) in [5.74, 6) is 0.524. The number of aryl methyl sites for hydroxylation is 2. The topological polar surface area (TPSA) is 67.9 Å². The van der Waals surface area contributed by atoms with Crippen LogP contribution in [-0.4, -0.2) is 32.6 Å². The van der Waals surface area contributed by atoms with Gasteiger partial charge < -0.3 is 19.7 Å². The summed E-state index contributed by atoms with van der Waals surface area (Å²) in [6, 6.07) is 10.8. The van der Waals surface area contributed by atoms with Gasteiger partial charge in [0, 0.05) is 24.4 Å². The maximum absolute atomic E-state index is 12.4. The van der Waals surface area contributed by atoms with Gasteiger partial charge in [0.1, 0.15) is 6.54 Å². The lowest BCUT2D eigenvalue weighted by atomic mass is 10.1. The molecule has 2 aromatic rings. The average Bonchev–Trinajstić information content (AvgIpc) is 2.62. The van der Waals surface area contributed by atoms with Gasteiger partial charge >= 0.3 is 0 Å². The number of hydrogen-bond donors (Lipinski definition) is 1. The molecule has 0 aromatic heterocycles. The third-order valence-electron chi connectivity index (χ3n) is 4.15. The van der Waals surface area contributed by atoms with Crippen LogP contribution in [0.15, 0.2) is 36.4 Å². The molecule has 1 N–H and O–H groups in total. The normalized spacial score (nSPS) is 10.2. The van der Waals surface area contributed by atoms with Crippen molar-refractivity contribution in [3.8, 4) is 11.5 Å². The van der Waals surface area contributed by atoms with E-state index in [4.69, 9.17) is 9.47 Å². The Hall–Kier alpha value is -3.02. The minimum atomic E-state index is -0.279. The van der Waals surface area contributed by atoms with Crippen molar-refractivity contribution < 1.29 is 19.1 Å². The predicted molar refractivity (Wildman–Crippen MR) is 102 cm³/mol. The fourth-order valence-corrected chi connectivity index (χ4v) is 2.54. The highest BCUT2D eigenvalue weighted by molar-refractivity contribution is 6.02. The van der Waals surface area contributed by atoms with Crippen LogP contribution >= 0.6 is 0 Å². The van der Waals surface area contributed by atoms with Gasteiger partial charge in [-0.3, -0.25) is 9.59 Å². The summed E-state index contributed by atoms with van der Waals surface area (Å²) < 4.78 is 10.5. The Morgan fingerprint density at radius 2 is 1.65 bits per heavy atom. The Kier molecular flexibility index (Phi) is 6.22. The lowest BCUT2D eigenvalue weighted by Crippen LogP contribution is -2.36. The van der Waals surface area contributed by atoms with Crippen LogP contribution in [0.3, 0.4) is 0 Å². The highest BCUT2D eigenvalue weighted by atomic mass is 16.5. The molecule has 0 saturated carbocycles. The summed E-state index contributed by atoms with van der Waals surface area (Å²) in [6.07, 6.45) is 0. The molecule has 2 aromatic carbocycles. The molecule has 0 heterocycles. The number of nitrogens with zero attached hydrogens (tertiary/aromatic N) is 1. The van der Waals surface area contributed by atoms with Gasteiger partial charge in [0.05, 0.1) is 14.2 Å². The van der Waals surface area contributed by atoms with Crippen molar-refractivity contribution in [3.63, 3.8) is 0 Å². The number of rotatable bonds is 6. The number of benzene rings is 2. The molecule has 26 heavy (non-hydrogen) atoms. The number of amides is 2. The van der Waals surface area contributed by atoms with Gasteiger partial charge in [-0.15, -0.1) is 0 Å². The van der Waals surface area contributed by atoms with Gasteiger partial charge in [0.25, 0.3) is 0 Å². The molecule has 0 spiro atoms. The zero-order valence-corrected chi connectivity index (χ0v) is 15.8. The van der Waals surface area contributed by atoms with Gasteiger partial charge in [0.15, 0.2) is 11.5 Å². The first-order chi connectivity index (χ1) is 12.3. The van der Waals surface area contributed by atoms with Crippen LogP contribution in [0.4, 0.5) is 11.4 Å². The quantitative estimate of drug-likeness (QED) is 0.862. The summed E-state index contributed by atoms with van der Waals surface area (Å²) in [4.78, 5) is 25.9. The number of ether oxygens (including phenoxy) is 2. The van der Waals surface area contributed by atoms with E-state index in [1.807, 2.05) is 32.0 Å². The van der Waals surface area contributed by atoms with Crippen LogP contribution in [0.2, 0.25) is 0 Å². The summed E-state index contributed by atoms with van der Waals surface area (Å²) >= 11 is 0. The van der Waals surface area contributed by atoms with E-state index in [1.54, 1.807) is 18.2 Å². The fourth-order valence-electron chi connectivity index (χ4n) is 2.54. The second-order valence-electron chi connectivity index (χ2n) is 5.99. The highest BCUT2D eigenvalue weighted by Gasteiger charge is 2.18. The minimum absolute atomic E-state index is 0.0995. The Morgan fingerprint density at radius 3 is 2.23 bits per heavy atom. The fraction of sp³-hybridized carbons (Fsp3) is 0.300. The maximum Gasteiger partial charge on any atom is 0.244 e. The molecule has 2 rings (SSSR count). The van der Waals surface area contributed by atoms with Gasteiger partial charge in [0.2, 0.25) is 11.8 Å². The summed E-state index contributed by atoms with van der Waals surface area (Å²) in [5, 5.41) is 2.83. The Labute approximate surface area is 153 Å². The largest absolute Gasteiger partial charge is 0.493 e. The number of carbonyl (C=O) groups is 2. The zero-order valence-electron chi connectivity index (χ0n) is 15.8. The predicted octanol–water partition coefficient (Wildman–Crippen LogP) is 3.31. The van der Waals surface area contributed by atoms with Crippen molar-refractivity contribution in [2.45, 2.75) is 20.8 Å². The van der Waals surface area contributed by atoms with E-state index in [0.717, 1.165) is 11.1 Å². The highest BCUT2D eigenvalue weighted by Crippen LogP contribution is 2.31. The molecule has 0 fully saturated rings. The number of nitrogens with one attached hydrogen (secondary N) is 1.